The highest BCUT2D eigenvalue weighted by Gasteiger charge is 2.63. The Labute approximate surface area is 190 Å². The SMILES string of the molecule is N#CC1C2[O+]C(c3ccccc3)CC(c3ccccc3)C2N2CCCCC12.[O-][Cl+3]([O-])([O-])[O-]. The lowest BCUT2D eigenvalue weighted by Crippen LogP contribution is -2.68. The van der Waals surface area contributed by atoms with Gasteiger partial charge in [-0.15, -0.1) is 15.0 Å². The summed E-state index contributed by atoms with van der Waals surface area (Å²) in [6.45, 7) is 1.10. The summed E-state index contributed by atoms with van der Waals surface area (Å²) in [5.74, 6) is 0.391. The lowest BCUT2D eigenvalue weighted by Gasteiger charge is -2.39. The van der Waals surface area contributed by atoms with E-state index in [9.17, 15) is 5.26 Å². The van der Waals surface area contributed by atoms with Crippen LogP contribution in [0.1, 0.15) is 48.8 Å². The average Bonchev–Trinajstić information content (AvgIpc) is 3.12. The van der Waals surface area contributed by atoms with Crippen LogP contribution < -0.4 is 18.6 Å². The van der Waals surface area contributed by atoms with Crippen LogP contribution in [0.25, 0.3) is 0 Å². The van der Waals surface area contributed by atoms with Crippen LogP contribution in [-0.4, -0.2) is 29.6 Å². The molecule has 6 unspecified atom stereocenters. The molecule has 0 saturated carbocycles. The fourth-order valence-electron chi connectivity index (χ4n) is 5.67. The number of halogens is 1. The monoisotopic (exact) mass is 457 g/mol. The van der Waals surface area contributed by atoms with Gasteiger partial charge < -0.3 is 0 Å². The van der Waals surface area contributed by atoms with Gasteiger partial charge in [-0.05, 0) is 24.9 Å². The van der Waals surface area contributed by atoms with Crippen LogP contribution in [0.4, 0.5) is 0 Å². The second kappa shape index (κ2) is 9.86. The summed E-state index contributed by atoms with van der Waals surface area (Å²) in [6.07, 6.45) is 4.65. The van der Waals surface area contributed by atoms with Crippen LogP contribution in [0, 0.1) is 27.5 Å². The minimum absolute atomic E-state index is 0.00209. The van der Waals surface area contributed by atoms with E-state index in [-0.39, 0.29) is 18.1 Å². The third-order valence-corrected chi connectivity index (χ3v) is 6.83. The number of piperidine rings is 1. The number of fused-ring (bicyclic) bond motifs is 3. The molecule has 3 fully saturated rings. The third kappa shape index (κ3) is 5.13. The molecule has 8 heteroatoms. The largest absolute Gasteiger partial charge is 0.288 e. The van der Waals surface area contributed by atoms with Gasteiger partial charge in [0.05, 0.1) is 12.1 Å². The van der Waals surface area contributed by atoms with Crippen LogP contribution in [0.5, 0.6) is 0 Å². The fourth-order valence-corrected chi connectivity index (χ4v) is 5.67. The zero-order valence-corrected chi connectivity index (χ0v) is 18.3. The van der Waals surface area contributed by atoms with Gasteiger partial charge in [-0.3, -0.25) is 4.90 Å². The Morgan fingerprint density at radius 2 is 1.50 bits per heavy atom. The Hall–Kier alpha value is -2.02. The number of rotatable bonds is 2. The molecule has 2 aromatic rings. The van der Waals surface area contributed by atoms with Gasteiger partial charge in [0.2, 0.25) is 0 Å². The van der Waals surface area contributed by atoms with Gasteiger partial charge in [0.15, 0.2) is 0 Å². The zero-order chi connectivity index (χ0) is 22.7. The Balaban J connectivity index is 0.000000444. The molecule has 2 aromatic carbocycles. The average molecular weight is 458 g/mol. The van der Waals surface area contributed by atoms with E-state index in [1.165, 1.54) is 24.0 Å². The number of hydrogen-bond acceptors (Lipinski definition) is 7. The smallest absolute Gasteiger partial charge is 0.262 e. The van der Waals surface area contributed by atoms with E-state index in [1.807, 2.05) is 0 Å². The van der Waals surface area contributed by atoms with E-state index in [1.54, 1.807) is 0 Å². The number of nitrogens with zero attached hydrogens (tertiary/aromatic N) is 2. The summed E-state index contributed by atoms with van der Waals surface area (Å²) in [5.41, 5.74) is 2.62. The second-order valence-corrected chi connectivity index (χ2v) is 9.33. The van der Waals surface area contributed by atoms with Crippen LogP contribution in [0.3, 0.4) is 0 Å². The maximum atomic E-state index is 10.0. The van der Waals surface area contributed by atoms with Gasteiger partial charge in [0, 0.05) is 23.9 Å². The predicted octanol–water partition coefficient (Wildman–Crippen LogP) is -0.0791. The molecule has 169 valence electrons. The first-order valence-electron chi connectivity index (χ1n) is 10.9. The maximum absolute atomic E-state index is 10.0. The van der Waals surface area contributed by atoms with Crippen molar-refractivity contribution in [1.29, 1.82) is 5.26 Å². The Bertz CT molecular complexity index is 911. The zero-order valence-electron chi connectivity index (χ0n) is 17.6. The molecule has 3 aliphatic heterocycles. The van der Waals surface area contributed by atoms with E-state index >= 15 is 0 Å². The minimum atomic E-state index is -4.94. The van der Waals surface area contributed by atoms with Gasteiger partial charge in [0.1, 0.15) is 5.92 Å². The minimum Gasteiger partial charge on any atom is -0.288 e. The molecular weight excluding hydrogens is 432 g/mol. The number of hydrogen-bond donors (Lipinski definition) is 0. The summed E-state index contributed by atoms with van der Waals surface area (Å²) in [5, 5.41) is 10.0. The standard InChI is InChI=1S/C24H26N2O.ClHO4/c25-16-20-21-13-7-8-14-26(21)23-19(17-9-3-1-4-10-17)15-22(27-24(20)23)18-11-5-2-6-12-18;2-1(3,4)5/h1-6,9-12,19-24H,7-8,13-15H2;(H,2,3,4,5)/q+1;/p-1. The molecule has 0 bridgehead atoms. The van der Waals surface area contributed by atoms with Crippen molar-refractivity contribution >= 4 is 0 Å². The molecule has 0 N–H and O–H groups in total. The number of benzene rings is 2. The highest BCUT2D eigenvalue weighted by molar-refractivity contribution is 5.29. The summed E-state index contributed by atoms with van der Waals surface area (Å²) in [7, 11) is -4.94. The van der Waals surface area contributed by atoms with E-state index < -0.39 is 10.2 Å². The first-order chi connectivity index (χ1) is 15.4. The van der Waals surface area contributed by atoms with Crippen LogP contribution in [-0.2, 0) is 4.74 Å². The number of nitriles is 1. The molecule has 32 heavy (non-hydrogen) atoms. The fraction of sp³-hybridized carbons (Fsp3) is 0.458. The van der Waals surface area contributed by atoms with Crippen molar-refractivity contribution in [2.24, 2.45) is 5.92 Å². The summed E-state index contributed by atoms with van der Waals surface area (Å²) >= 11 is 0. The van der Waals surface area contributed by atoms with Gasteiger partial charge in [-0.25, -0.2) is 18.6 Å². The van der Waals surface area contributed by atoms with Gasteiger partial charge in [0.25, 0.3) is 12.2 Å². The van der Waals surface area contributed by atoms with Crippen molar-refractivity contribution in [2.75, 3.05) is 6.54 Å². The molecular formula is C24H26ClN2O5. The molecule has 3 aliphatic rings. The molecule has 0 aromatic heterocycles. The van der Waals surface area contributed by atoms with Crippen molar-refractivity contribution in [2.45, 2.75) is 55.9 Å². The van der Waals surface area contributed by atoms with Gasteiger partial charge in [-0.2, -0.15) is 5.26 Å². The molecule has 0 amide bonds. The predicted molar refractivity (Wildman–Crippen MR) is 105 cm³/mol. The van der Waals surface area contributed by atoms with Crippen LogP contribution >= 0.6 is 0 Å². The summed E-state index contributed by atoms with van der Waals surface area (Å²) < 4.78 is 40.7. The third-order valence-electron chi connectivity index (χ3n) is 6.83. The topological polar surface area (TPSA) is 131 Å². The van der Waals surface area contributed by atoms with Crippen molar-refractivity contribution in [3.63, 3.8) is 0 Å². The Kier molecular flexibility index (Phi) is 7.13. The van der Waals surface area contributed by atoms with E-state index in [4.69, 9.17) is 23.4 Å². The first-order valence-corrected chi connectivity index (χ1v) is 12.1. The van der Waals surface area contributed by atoms with E-state index in [0.29, 0.717) is 18.0 Å². The second-order valence-electron chi connectivity index (χ2n) is 8.58. The quantitative estimate of drug-likeness (QED) is 0.576. The molecule has 1 radical (unpaired) electrons. The highest BCUT2D eigenvalue weighted by Crippen LogP contribution is 2.51. The van der Waals surface area contributed by atoms with Crippen LogP contribution in [0.15, 0.2) is 60.7 Å². The highest BCUT2D eigenvalue weighted by atomic mass is 35.7. The molecule has 3 saturated heterocycles. The molecule has 7 nitrogen and oxygen atoms in total. The molecule has 6 atom stereocenters. The van der Waals surface area contributed by atoms with E-state index in [0.717, 1.165) is 19.4 Å². The van der Waals surface area contributed by atoms with Crippen molar-refractivity contribution in [3.05, 3.63) is 71.8 Å². The van der Waals surface area contributed by atoms with E-state index in [2.05, 4.69) is 71.6 Å². The van der Waals surface area contributed by atoms with Crippen molar-refractivity contribution in [3.8, 4) is 6.07 Å². The van der Waals surface area contributed by atoms with Crippen molar-refractivity contribution in [1.82, 2.24) is 4.90 Å². The van der Waals surface area contributed by atoms with Crippen LogP contribution in [0.2, 0.25) is 0 Å². The Morgan fingerprint density at radius 1 is 0.906 bits per heavy atom. The summed E-state index contributed by atoms with van der Waals surface area (Å²) in [4.78, 5) is 2.63. The summed E-state index contributed by atoms with van der Waals surface area (Å²) in [6, 6.07) is 24.8. The lowest BCUT2D eigenvalue weighted by molar-refractivity contribution is -2.00. The molecule has 0 aliphatic carbocycles. The molecule has 3 heterocycles. The molecule has 5 rings (SSSR count). The first kappa shape index (κ1) is 23.1. The molecule has 0 spiro atoms. The Morgan fingerprint density at radius 3 is 2.09 bits per heavy atom. The van der Waals surface area contributed by atoms with Gasteiger partial charge in [-0.1, -0.05) is 67.1 Å². The lowest BCUT2D eigenvalue weighted by atomic mass is 9.79. The normalized spacial score (nSPS) is 32.1. The van der Waals surface area contributed by atoms with Gasteiger partial charge >= 0.3 is 0 Å². The number of ether oxygens (including phenoxy) is 1. The maximum Gasteiger partial charge on any atom is 0.262 e. The van der Waals surface area contributed by atoms with Crippen molar-refractivity contribution < 1.29 is 33.6 Å².